The third kappa shape index (κ3) is 3.63. The number of hydrogen-bond donors (Lipinski definition) is 0. The number of anilines is 1. The molecule has 2 fully saturated rings. The van der Waals surface area contributed by atoms with Crippen molar-refractivity contribution in [2.45, 2.75) is 36.5 Å². The van der Waals surface area contributed by atoms with Gasteiger partial charge in [0.1, 0.15) is 16.5 Å². The zero-order valence-corrected chi connectivity index (χ0v) is 18.3. The minimum atomic E-state index is -3.64. The normalized spacial score (nSPS) is 18.7. The van der Waals surface area contributed by atoms with Gasteiger partial charge in [-0.05, 0) is 43.5 Å². The Bertz CT molecular complexity index is 1190. The molecular weight excluding hydrogens is 416 g/mol. The minimum absolute atomic E-state index is 0.208. The first kappa shape index (κ1) is 20.2. The van der Waals surface area contributed by atoms with Gasteiger partial charge in [0.2, 0.25) is 10.0 Å². The summed E-state index contributed by atoms with van der Waals surface area (Å²) in [6, 6.07) is 10.6. The first-order chi connectivity index (χ1) is 15.1. The van der Waals surface area contributed by atoms with Crippen molar-refractivity contribution in [3.8, 4) is 5.75 Å². The Labute approximate surface area is 181 Å². The number of aromatic nitrogens is 4. The molecule has 0 amide bonds. The van der Waals surface area contributed by atoms with Gasteiger partial charge in [-0.25, -0.2) is 8.42 Å². The van der Waals surface area contributed by atoms with Crippen LogP contribution in [0.15, 0.2) is 41.3 Å². The lowest BCUT2D eigenvalue weighted by molar-refractivity contribution is 0.393. The van der Waals surface area contributed by atoms with Gasteiger partial charge in [-0.3, -0.25) is 0 Å². The summed E-state index contributed by atoms with van der Waals surface area (Å²) in [6.07, 6.45) is 4.20. The Morgan fingerprint density at radius 3 is 2.58 bits per heavy atom. The van der Waals surface area contributed by atoms with Gasteiger partial charge >= 0.3 is 0 Å². The molecule has 31 heavy (non-hydrogen) atoms. The molecule has 0 atom stereocenters. The maximum absolute atomic E-state index is 13.3. The number of methoxy groups -OCH3 is 1. The SMILES string of the molecule is COc1ccccc1S(=O)(=O)N1CCCN(c2ccc3nnc(C4CCC4)n3n2)CC1. The van der Waals surface area contributed by atoms with Crippen LogP contribution in [0.3, 0.4) is 0 Å². The standard InChI is InChI=1S/C21H26N6O3S/c1-30-17-8-2-3-9-18(17)31(28,29)26-13-5-12-25(14-15-26)20-11-10-19-22-23-21(27(19)24-20)16-6-4-7-16/h2-3,8-11,16H,4-7,12-15H2,1H3. The summed E-state index contributed by atoms with van der Waals surface area (Å²) in [5.41, 5.74) is 0.751. The van der Waals surface area contributed by atoms with Crippen LogP contribution in [-0.4, -0.2) is 65.8 Å². The highest BCUT2D eigenvalue weighted by Crippen LogP contribution is 2.35. The van der Waals surface area contributed by atoms with Crippen molar-refractivity contribution >= 4 is 21.5 Å². The largest absolute Gasteiger partial charge is 0.495 e. The van der Waals surface area contributed by atoms with Gasteiger partial charge in [-0.2, -0.15) is 8.82 Å². The van der Waals surface area contributed by atoms with Crippen molar-refractivity contribution in [2.24, 2.45) is 0 Å². The molecule has 0 spiro atoms. The van der Waals surface area contributed by atoms with Crippen molar-refractivity contribution < 1.29 is 13.2 Å². The van der Waals surface area contributed by atoms with Gasteiger partial charge in [0.15, 0.2) is 11.5 Å². The second kappa shape index (κ2) is 8.08. The maximum Gasteiger partial charge on any atom is 0.246 e. The highest BCUT2D eigenvalue weighted by Gasteiger charge is 2.30. The lowest BCUT2D eigenvalue weighted by Crippen LogP contribution is -2.35. The fourth-order valence-electron chi connectivity index (χ4n) is 4.22. The van der Waals surface area contributed by atoms with Gasteiger partial charge in [0, 0.05) is 32.1 Å². The Morgan fingerprint density at radius 1 is 0.968 bits per heavy atom. The molecule has 0 unspecified atom stereocenters. The molecule has 1 saturated carbocycles. The van der Waals surface area contributed by atoms with Crippen LogP contribution < -0.4 is 9.64 Å². The van der Waals surface area contributed by atoms with Gasteiger partial charge in [0.05, 0.1) is 7.11 Å². The van der Waals surface area contributed by atoms with E-state index in [1.54, 1.807) is 28.6 Å². The monoisotopic (exact) mass is 442 g/mol. The number of benzene rings is 1. The lowest BCUT2D eigenvalue weighted by atomic mass is 9.85. The Kier molecular flexibility index (Phi) is 5.27. The highest BCUT2D eigenvalue weighted by molar-refractivity contribution is 7.89. The van der Waals surface area contributed by atoms with E-state index in [2.05, 4.69) is 15.1 Å². The molecule has 164 valence electrons. The van der Waals surface area contributed by atoms with E-state index in [9.17, 15) is 8.42 Å². The predicted molar refractivity (Wildman–Crippen MR) is 116 cm³/mol. The summed E-state index contributed by atoms with van der Waals surface area (Å²) in [6.45, 7) is 2.14. The van der Waals surface area contributed by atoms with E-state index in [4.69, 9.17) is 9.84 Å². The predicted octanol–water partition coefficient (Wildman–Crippen LogP) is 2.30. The molecule has 1 saturated heterocycles. The zero-order chi connectivity index (χ0) is 21.4. The third-order valence-electron chi connectivity index (χ3n) is 6.21. The summed E-state index contributed by atoms with van der Waals surface area (Å²) < 4.78 is 35.2. The Balaban J connectivity index is 1.37. The second-order valence-corrected chi connectivity index (χ2v) is 9.95. The fourth-order valence-corrected chi connectivity index (χ4v) is 5.85. The topological polar surface area (TPSA) is 92.9 Å². The van der Waals surface area contributed by atoms with Crippen LogP contribution in [0.1, 0.15) is 37.4 Å². The molecule has 9 nitrogen and oxygen atoms in total. The highest BCUT2D eigenvalue weighted by atomic mass is 32.2. The van der Waals surface area contributed by atoms with Crippen molar-refractivity contribution in [2.75, 3.05) is 38.2 Å². The van der Waals surface area contributed by atoms with Crippen molar-refractivity contribution in [3.05, 3.63) is 42.2 Å². The van der Waals surface area contributed by atoms with Crippen molar-refractivity contribution in [1.82, 2.24) is 24.1 Å². The number of hydrogen-bond acceptors (Lipinski definition) is 7. The lowest BCUT2D eigenvalue weighted by Gasteiger charge is -2.24. The van der Waals surface area contributed by atoms with Gasteiger partial charge in [-0.15, -0.1) is 15.3 Å². The van der Waals surface area contributed by atoms with Crippen LogP contribution >= 0.6 is 0 Å². The molecule has 1 aliphatic carbocycles. The van der Waals surface area contributed by atoms with Gasteiger partial charge in [0.25, 0.3) is 0 Å². The number of ether oxygens (including phenoxy) is 1. The summed E-state index contributed by atoms with van der Waals surface area (Å²) in [5.74, 6) is 2.55. The van der Waals surface area contributed by atoms with Crippen LogP contribution in [0.4, 0.5) is 5.82 Å². The average molecular weight is 443 g/mol. The molecule has 1 aliphatic heterocycles. The van der Waals surface area contributed by atoms with E-state index < -0.39 is 10.0 Å². The molecule has 5 rings (SSSR count). The van der Waals surface area contributed by atoms with Crippen LogP contribution in [0.5, 0.6) is 5.75 Å². The second-order valence-electron chi connectivity index (χ2n) is 8.04. The van der Waals surface area contributed by atoms with Crippen LogP contribution in [0, 0.1) is 0 Å². The van der Waals surface area contributed by atoms with Gasteiger partial charge < -0.3 is 9.64 Å². The molecule has 1 aromatic carbocycles. The van der Waals surface area contributed by atoms with E-state index >= 15 is 0 Å². The molecule has 0 radical (unpaired) electrons. The summed E-state index contributed by atoms with van der Waals surface area (Å²) in [7, 11) is -2.15. The Morgan fingerprint density at radius 2 is 1.81 bits per heavy atom. The molecule has 10 heteroatoms. The summed E-state index contributed by atoms with van der Waals surface area (Å²) >= 11 is 0. The maximum atomic E-state index is 13.3. The molecule has 2 aromatic heterocycles. The van der Waals surface area contributed by atoms with Crippen LogP contribution in [-0.2, 0) is 10.0 Å². The summed E-state index contributed by atoms with van der Waals surface area (Å²) in [5, 5.41) is 13.4. The minimum Gasteiger partial charge on any atom is -0.495 e. The van der Waals surface area contributed by atoms with E-state index in [0.717, 1.165) is 36.7 Å². The van der Waals surface area contributed by atoms with Crippen LogP contribution in [0.25, 0.3) is 5.65 Å². The smallest absolute Gasteiger partial charge is 0.246 e. The quantitative estimate of drug-likeness (QED) is 0.599. The number of fused-ring (bicyclic) bond motifs is 1. The molecule has 3 heterocycles. The number of rotatable bonds is 5. The zero-order valence-electron chi connectivity index (χ0n) is 17.5. The Hall–Kier alpha value is -2.72. The molecule has 2 aliphatic rings. The average Bonchev–Trinajstić information content (AvgIpc) is 2.98. The third-order valence-corrected chi connectivity index (χ3v) is 8.15. The first-order valence-electron chi connectivity index (χ1n) is 10.7. The fraction of sp³-hybridized carbons (Fsp3) is 0.476. The number of sulfonamides is 1. The summed E-state index contributed by atoms with van der Waals surface area (Å²) in [4.78, 5) is 2.35. The first-order valence-corrected chi connectivity index (χ1v) is 12.1. The molecule has 0 bridgehead atoms. The van der Waals surface area contributed by atoms with Gasteiger partial charge in [-0.1, -0.05) is 18.6 Å². The molecular formula is C21H26N6O3S. The number of para-hydroxylation sites is 1. The molecule has 0 N–H and O–H groups in total. The van der Waals surface area contributed by atoms with Crippen LogP contribution in [0.2, 0.25) is 0 Å². The van der Waals surface area contributed by atoms with Crippen molar-refractivity contribution in [1.29, 1.82) is 0 Å². The van der Waals surface area contributed by atoms with Crippen molar-refractivity contribution in [3.63, 3.8) is 0 Å². The van der Waals surface area contributed by atoms with E-state index in [1.165, 1.54) is 13.5 Å². The van der Waals surface area contributed by atoms with E-state index in [-0.39, 0.29) is 4.90 Å². The number of nitrogens with zero attached hydrogens (tertiary/aromatic N) is 6. The molecule has 3 aromatic rings. The van der Waals surface area contributed by atoms with E-state index in [1.807, 2.05) is 16.6 Å². The van der Waals surface area contributed by atoms with E-state index in [0.29, 0.717) is 37.7 Å².